The SMILES string of the molecule is Cc1cn(-c2ccc3c(c2)OC(F)(F)C(F)(F)O3)/c(=N/C(=O)NC(C)(C)C)s1. The van der Waals surface area contributed by atoms with Gasteiger partial charge in [0.2, 0.25) is 0 Å². The normalized spacial score (nSPS) is 18.1. The number of benzene rings is 1. The maximum absolute atomic E-state index is 13.4. The fourth-order valence-corrected chi connectivity index (χ4v) is 3.19. The van der Waals surface area contributed by atoms with Crippen LogP contribution >= 0.6 is 11.3 Å². The molecule has 1 aliphatic heterocycles. The number of thiazole rings is 1. The summed E-state index contributed by atoms with van der Waals surface area (Å²) in [4.78, 5) is 17.2. The molecular formula is C17H17F4N3O3S. The summed E-state index contributed by atoms with van der Waals surface area (Å²) in [5.41, 5.74) is -0.207. The molecule has 0 radical (unpaired) electrons. The van der Waals surface area contributed by atoms with Gasteiger partial charge in [-0.25, -0.2) is 4.79 Å². The second kappa shape index (κ2) is 6.50. The molecule has 1 aromatic carbocycles. The Bertz CT molecular complexity index is 992. The van der Waals surface area contributed by atoms with Crippen molar-refractivity contribution in [2.45, 2.75) is 45.5 Å². The fraction of sp³-hybridized carbons (Fsp3) is 0.412. The van der Waals surface area contributed by atoms with Crippen molar-refractivity contribution in [2.24, 2.45) is 4.99 Å². The molecule has 6 nitrogen and oxygen atoms in total. The molecule has 0 fully saturated rings. The lowest BCUT2D eigenvalue weighted by Gasteiger charge is -2.31. The molecule has 152 valence electrons. The average molecular weight is 419 g/mol. The minimum atomic E-state index is -4.81. The van der Waals surface area contributed by atoms with Crippen LogP contribution in [0.3, 0.4) is 0 Å². The van der Waals surface area contributed by atoms with Gasteiger partial charge in [-0.05, 0) is 39.8 Å². The number of nitrogens with zero attached hydrogens (tertiary/aromatic N) is 2. The van der Waals surface area contributed by atoms with Gasteiger partial charge in [-0.1, -0.05) is 0 Å². The summed E-state index contributed by atoms with van der Waals surface area (Å²) >= 11 is 1.20. The topological polar surface area (TPSA) is 64.8 Å². The van der Waals surface area contributed by atoms with Crippen molar-refractivity contribution in [3.05, 3.63) is 34.1 Å². The number of hydrogen-bond acceptors (Lipinski definition) is 4. The second-order valence-corrected chi connectivity index (χ2v) is 8.37. The van der Waals surface area contributed by atoms with Crippen LogP contribution in [0, 0.1) is 6.92 Å². The predicted molar refractivity (Wildman–Crippen MR) is 93.4 cm³/mol. The Hall–Kier alpha value is -2.56. The first-order chi connectivity index (χ1) is 12.8. The van der Waals surface area contributed by atoms with Gasteiger partial charge in [-0.2, -0.15) is 22.6 Å². The summed E-state index contributed by atoms with van der Waals surface area (Å²) in [6.07, 6.45) is -7.96. The first kappa shape index (κ1) is 20.2. The minimum absolute atomic E-state index is 0.271. The number of urea groups is 1. The van der Waals surface area contributed by atoms with Gasteiger partial charge in [-0.15, -0.1) is 11.3 Å². The van der Waals surface area contributed by atoms with Gasteiger partial charge in [0.15, 0.2) is 16.3 Å². The van der Waals surface area contributed by atoms with Crippen molar-refractivity contribution in [2.75, 3.05) is 0 Å². The zero-order valence-electron chi connectivity index (χ0n) is 15.3. The van der Waals surface area contributed by atoms with Crippen LogP contribution in [0.4, 0.5) is 22.4 Å². The highest BCUT2D eigenvalue weighted by molar-refractivity contribution is 7.09. The molecule has 28 heavy (non-hydrogen) atoms. The maximum atomic E-state index is 13.4. The fourth-order valence-electron chi connectivity index (χ4n) is 2.36. The second-order valence-electron chi connectivity index (χ2n) is 7.16. The third-order valence-electron chi connectivity index (χ3n) is 3.47. The molecule has 2 amide bonds. The van der Waals surface area contributed by atoms with Gasteiger partial charge in [0.1, 0.15) is 0 Å². The number of carbonyl (C=O) groups excluding carboxylic acids is 1. The van der Waals surface area contributed by atoms with E-state index in [9.17, 15) is 22.4 Å². The van der Waals surface area contributed by atoms with Gasteiger partial charge in [-0.3, -0.25) is 4.57 Å². The van der Waals surface area contributed by atoms with Crippen molar-refractivity contribution in [1.82, 2.24) is 9.88 Å². The predicted octanol–water partition coefficient (Wildman–Crippen LogP) is 4.21. The van der Waals surface area contributed by atoms with Gasteiger partial charge in [0.25, 0.3) is 0 Å². The van der Waals surface area contributed by atoms with E-state index in [2.05, 4.69) is 19.8 Å². The molecule has 11 heteroatoms. The van der Waals surface area contributed by atoms with Crippen molar-refractivity contribution in [1.29, 1.82) is 0 Å². The Morgan fingerprint density at radius 2 is 1.75 bits per heavy atom. The number of fused-ring (bicyclic) bond motifs is 1. The molecule has 3 rings (SSSR count). The van der Waals surface area contributed by atoms with Crippen molar-refractivity contribution in [3.63, 3.8) is 0 Å². The van der Waals surface area contributed by atoms with Gasteiger partial charge < -0.3 is 14.8 Å². The number of aryl methyl sites for hydroxylation is 1. The number of nitrogens with one attached hydrogen (secondary N) is 1. The smallest absolute Gasteiger partial charge is 0.421 e. The molecule has 0 atom stereocenters. The van der Waals surface area contributed by atoms with Crippen LogP contribution in [-0.2, 0) is 0 Å². The number of alkyl halides is 4. The molecule has 2 aromatic rings. The number of hydrogen-bond donors (Lipinski definition) is 1. The zero-order chi connectivity index (χ0) is 20.9. The number of ether oxygens (including phenoxy) is 2. The van der Waals surface area contributed by atoms with E-state index in [1.54, 1.807) is 33.9 Å². The van der Waals surface area contributed by atoms with Crippen LogP contribution in [0.5, 0.6) is 11.5 Å². The quantitative estimate of drug-likeness (QED) is 0.705. The van der Waals surface area contributed by atoms with Gasteiger partial charge >= 0.3 is 18.2 Å². The van der Waals surface area contributed by atoms with Gasteiger partial charge in [0, 0.05) is 22.7 Å². The summed E-state index contributed by atoms with van der Waals surface area (Å²) in [6, 6.07) is 3.00. The maximum Gasteiger partial charge on any atom is 0.507 e. The third kappa shape index (κ3) is 3.98. The van der Waals surface area contributed by atoms with Crippen molar-refractivity contribution >= 4 is 17.4 Å². The summed E-state index contributed by atoms with van der Waals surface area (Å²) in [5, 5.41) is 2.69. The van der Waals surface area contributed by atoms with Gasteiger partial charge in [0.05, 0.1) is 5.69 Å². The van der Waals surface area contributed by atoms with E-state index < -0.39 is 35.3 Å². The highest BCUT2D eigenvalue weighted by atomic mass is 32.1. The number of carbonyl (C=O) groups is 1. The Morgan fingerprint density at radius 1 is 1.14 bits per heavy atom. The Balaban J connectivity index is 2.02. The molecule has 0 saturated carbocycles. The largest absolute Gasteiger partial charge is 0.507 e. The number of halogens is 4. The van der Waals surface area contributed by atoms with E-state index in [4.69, 9.17) is 0 Å². The van der Waals surface area contributed by atoms with E-state index in [1.807, 2.05) is 0 Å². The van der Waals surface area contributed by atoms with Crippen molar-refractivity contribution < 1.29 is 31.8 Å². The monoisotopic (exact) mass is 419 g/mol. The zero-order valence-corrected chi connectivity index (χ0v) is 16.2. The lowest BCUT2D eigenvalue weighted by molar-refractivity contribution is -0.391. The molecule has 0 saturated heterocycles. The lowest BCUT2D eigenvalue weighted by Crippen LogP contribution is -2.52. The minimum Gasteiger partial charge on any atom is -0.421 e. The number of amides is 2. The van der Waals surface area contributed by atoms with Crippen LogP contribution < -0.4 is 19.6 Å². The summed E-state index contributed by atoms with van der Waals surface area (Å²) in [6.45, 7) is 7.16. The summed E-state index contributed by atoms with van der Waals surface area (Å²) < 4.78 is 63.1. The molecule has 2 heterocycles. The molecule has 0 spiro atoms. The van der Waals surface area contributed by atoms with E-state index in [1.165, 1.54) is 22.0 Å². The standard InChI is InChI=1S/C17H17F4N3O3S/c1-9-8-24(14(28-9)22-13(25)23-15(2,3)4)10-5-6-11-12(7-10)27-17(20,21)16(18,19)26-11/h5-8H,1-4H3,(H,23,25)/b22-14-. The highest BCUT2D eigenvalue weighted by Gasteiger charge is 2.65. The Labute approximate surface area is 161 Å². The molecule has 0 aliphatic carbocycles. The van der Waals surface area contributed by atoms with E-state index >= 15 is 0 Å². The van der Waals surface area contributed by atoms with Crippen LogP contribution in [0.25, 0.3) is 5.69 Å². The molecule has 1 aliphatic rings. The molecule has 0 unspecified atom stereocenters. The molecular weight excluding hydrogens is 402 g/mol. The van der Waals surface area contributed by atoms with E-state index in [0.717, 1.165) is 17.0 Å². The third-order valence-corrected chi connectivity index (χ3v) is 4.37. The van der Waals surface area contributed by atoms with E-state index in [-0.39, 0.29) is 10.5 Å². The summed E-state index contributed by atoms with van der Waals surface area (Å²) in [5.74, 6) is -1.06. The molecule has 1 N–H and O–H groups in total. The molecule has 1 aromatic heterocycles. The van der Waals surface area contributed by atoms with Crippen LogP contribution in [0.1, 0.15) is 25.6 Å². The number of aromatic nitrogens is 1. The van der Waals surface area contributed by atoms with Crippen LogP contribution in [0.15, 0.2) is 29.4 Å². The first-order valence-electron chi connectivity index (χ1n) is 8.11. The Morgan fingerprint density at radius 3 is 2.36 bits per heavy atom. The first-order valence-corrected chi connectivity index (χ1v) is 8.93. The summed E-state index contributed by atoms with van der Waals surface area (Å²) in [7, 11) is 0. The number of rotatable bonds is 1. The highest BCUT2D eigenvalue weighted by Crippen LogP contribution is 2.47. The van der Waals surface area contributed by atoms with E-state index in [0.29, 0.717) is 0 Å². The Kier molecular flexibility index (Phi) is 4.69. The molecule has 0 bridgehead atoms. The van der Waals surface area contributed by atoms with Crippen LogP contribution in [0.2, 0.25) is 0 Å². The average Bonchev–Trinajstić information content (AvgIpc) is 2.85. The lowest BCUT2D eigenvalue weighted by atomic mass is 10.1. The van der Waals surface area contributed by atoms with Crippen molar-refractivity contribution in [3.8, 4) is 17.2 Å². The van der Waals surface area contributed by atoms with Crippen LogP contribution in [-0.4, -0.2) is 28.4 Å².